The highest BCUT2D eigenvalue weighted by molar-refractivity contribution is 6.46. The Morgan fingerprint density at radius 3 is 2.54 bits per heavy atom. The van der Waals surface area contributed by atoms with E-state index >= 15 is 0 Å². The molecule has 0 aliphatic carbocycles. The van der Waals surface area contributed by atoms with Gasteiger partial charge in [-0.25, -0.2) is 0 Å². The van der Waals surface area contributed by atoms with E-state index in [1.807, 2.05) is 37.3 Å². The minimum absolute atomic E-state index is 0.0500. The van der Waals surface area contributed by atoms with Crippen molar-refractivity contribution in [3.8, 4) is 17.2 Å². The van der Waals surface area contributed by atoms with Crippen LogP contribution in [0.25, 0.3) is 5.76 Å². The maximum Gasteiger partial charge on any atom is 0.295 e. The van der Waals surface area contributed by atoms with Crippen molar-refractivity contribution in [1.29, 1.82) is 0 Å². The number of carbonyl (C=O) groups is 2. The van der Waals surface area contributed by atoms with Gasteiger partial charge in [0.05, 0.1) is 25.3 Å². The second kappa shape index (κ2) is 13.9. The molecule has 0 bridgehead atoms. The van der Waals surface area contributed by atoms with Gasteiger partial charge in [-0.15, -0.1) is 0 Å². The van der Waals surface area contributed by atoms with Crippen LogP contribution in [-0.4, -0.2) is 72.6 Å². The molecule has 8 heteroatoms. The van der Waals surface area contributed by atoms with Crippen LogP contribution in [0.15, 0.2) is 42.0 Å². The van der Waals surface area contributed by atoms with Gasteiger partial charge in [0.1, 0.15) is 17.6 Å². The van der Waals surface area contributed by atoms with Gasteiger partial charge in [-0.3, -0.25) is 9.59 Å². The molecule has 2 heterocycles. The summed E-state index contributed by atoms with van der Waals surface area (Å²) in [6, 6.07) is 10.2. The largest absolute Gasteiger partial charge is 0.507 e. The minimum atomic E-state index is -0.752. The van der Waals surface area contributed by atoms with Crippen LogP contribution in [0.2, 0.25) is 0 Å². The van der Waals surface area contributed by atoms with Crippen LogP contribution in [0.3, 0.4) is 0 Å². The van der Waals surface area contributed by atoms with Gasteiger partial charge in [0, 0.05) is 18.5 Å². The van der Waals surface area contributed by atoms with Gasteiger partial charge in [0.25, 0.3) is 11.7 Å². The molecule has 1 amide bonds. The van der Waals surface area contributed by atoms with E-state index in [9.17, 15) is 14.7 Å². The fourth-order valence-corrected chi connectivity index (χ4v) is 5.69. The van der Waals surface area contributed by atoms with E-state index < -0.39 is 17.7 Å². The van der Waals surface area contributed by atoms with Crippen LogP contribution >= 0.6 is 0 Å². The number of unbranched alkanes of at least 4 members (excludes halogenated alkanes) is 2. The van der Waals surface area contributed by atoms with Crippen molar-refractivity contribution in [1.82, 2.24) is 9.80 Å². The summed E-state index contributed by atoms with van der Waals surface area (Å²) in [5.41, 5.74) is 2.24. The lowest BCUT2D eigenvalue weighted by Crippen LogP contribution is -2.33. The molecule has 0 unspecified atom stereocenters. The molecule has 41 heavy (non-hydrogen) atoms. The molecular formula is C33H44N2O6. The first-order chi connectivity index (χ1) is 19.8. The first-order valence-corrected chi connectivity index (χ1v) is 14.9. The molecule has 222 valence electrons. The number of aliphatic hydroxyl groups excluding tert-OH is 1. The van der Waals surface area contributed by atoms with E-state index in [4.69, 9.17) is 14.2 Å². The topological polar surface area (TPSA) is 88.5 Å². The molecule has 8 nitrogen and oxygen atoms in total. The molecule has 1 saturated heterocycles. The minimum Gasteiger partial charge on any atom is -0.507 e. The average molecular weight is 565 g/mol. The van der Waals surface area contributed by atoms with E-state index in [1.165, 1.54) is 0 Å². The van der Waals surface area contributed by atoms with Crippen LogP contribution in [0.5, 0.6) is 17.2 Å². The number of likely N-dealkylation sites (tertiary alicyclic amines) is 1. The lowest BCUT2D eigenvalue weighted by Gasteiger charge is -2.27. The van der Waals surface area contributed by atoms with Gasteiger partial charge in [0.15, 0.2) is 11.5 Å². The summed E-state index contributed by atoms with van der Waals surface area (Å²) in [5, 5.41) is 11.6. The second-order valence-electron chi connectivity index (χ2n) is 10.8. The first kappa shape index (κ1) is 30.4. The number of nitrogens with zero attached hydrogens (tertiary/aromatic N) is 2. The van der Waals surface area contributed by atoms with E-state index in [2.05, 4.69) is 25.7 Å². The van der Waals surface area contributed by atoms with Crippen LogP contribution in [0, 0.1) is 0 Å². The summed E-state index contributed by atoms with van der Waals surface area (Å²) in [5.74, 6) is 0.449. The Morgan fingerprint density at radius 1 is 1.05 bits per heavy atom. The first-order valence-electron chi connectivity index (χ1n) is 14.9. The van der Waals surface area contributed by atoms with Crippen molar-refractivity contribution in [3.05, 3.63) is 58.7 Å². The molecule has 2 atom stereocenters. The predicted octanol–water partition coefficient (Wildman–Crippen LogP) is 5.74. The Kier molecular flexibility index (Phi) is 10.3. The number of benzene rings is 2. The molecule has 2 aliphatic rings. The van der Waals surface area contributed by atoms with E-state index in [1.54, 1.807) is 18.1 Å². The normalized spacial score (nSPS) is 19.5. The fourth-order valence-electron chi connectivity index (χ4n) is 5.69. The molecule has 0 aromatic heterocycles. The number of rotatable bonds is 14. The van der Waals surface area contributed by atoms with Crippen molar-refractivity contribution >= 4 is 17.4 Å². The summed E-state index contributed by atoms with van der Waals surface area (Å²) < 4.78 is 17.5. The predicted molar refractivity (Wildman–Crippen MR) is 160 cm³/mol. The zero-order valence-electron chi connectivity index (χ0n) is 25.1. The number of ketones is 1. The smallest absolute Gasteiger partial charge is 0.295 e. The van der Waals surface area contributed by atoms with Crippen LogP contribution in [-0.2, 0) is 16.0 Å². The number of carbonyl (C=O) groups excluding carboxylic acids is 2. The monoisotopic (exact) mass is 564 g/mol. The standard InChI is InChI=1S/C33H44N2O6/c1-6-9-10-18-40-27-15-12-23(21-28(27)39-5)30-29(31(36)24-13-14-26-25(20-24)19-22(4)41-26)32(37)33(38)35(30)17-11-16-34(7-2)8-3/h12-15,20-22,30,36H,6-11,16-19H2,1-5H3/t22-,30+/m1/s1. The molecule has 1 N–H and O–H groups in total. The molecule has 2 aliphatic heterocycles. The van der Waals surface area contributed by atoms with E-state index in [-0.39, 0.29) is 17.4 Å². The van der Waals surface area contributed by atoms with Gasteiger partial charge in [-0.05, 0) is 80.9 Å². The Bertz CT molecular complexity index is 1270. The molecular weight excluding hydrogens is 520 g/mol. The molecule has 1 fully saturated rings. The second-order valence-corrected chi connectivity index (χ2v) is 10.8. The van der Waals surface area contributed by atoms with Gasteiger partial charge in [-0.2, -0.15) is 0 Å². The zero-order valence-corrected chi connectivity index (χ0v) is 25.1. The number of hydrogen-bond acceptors (Lipinski definition) is 7. The van der Waals surface area contributed by atoms with Crippen molar-refractivity contribution in [2.45, 2.75) is 71.9 Å². The molecule has 2 aromatic rings. The number of ether oxygens (including phenoxy) is 3. The zero-order chi connectivity index (χ0) is 29.5. The highest BCUT2D eigenvalue weighted by Crippen LogP contribution is 2.43. The lowest BCUT2D eigenvalue weighted by atomic mass is 9.94. The van der Waals surface area contributed by atoms with Gasteiger partial charge in [-0.1, -0.05) is 39.7 Å². The average Bonchev–Trinajstić information content (AvgIpc) is 3.48. The Hall–Kier alpha value is -3.52. The van der Waals surface area contributed by atoms with Gasteiger partial charge >= 0.3 is 0 Å². The number of fused-ring (bicyclic) bond motifs is 1. The number of aliphatic hydroxyl groups is 1. The van der Waals surface area contributed by atoms with E-state index in [0.29, 0.717) is 42.2 Å². The highest BCUT2D eigenvalue weighted by Gasteiger charge is 2.46. The molecule has 0 radical (unpaired) electrons. The molecule has 0 spiro atoms. The summed E-state index contributed by atoms with van der Waals surface area (Å²) in [6.07, 6.45) is 4.59. The maximum atomic E-state index is 13.5. The van der Waals surface area contributed by atoms with Crippen molar-refractivity contribution in [3.63, 3.8) is 0 Å². The van der Waals surface area contributed by atoms with Gasteiger partial charge in [0.2, 0.25) is 0 Å². The number of Topliss-reactive ketones (excluding diaryl/α,β-unsaturated/α-hetero) is 1. The summed E-state index contributed by atoms with van der Waals surface area (Å²) in [6.45, 7) is 11.9. The summed E-state index contributed by atoms with van der Waals surface area (Å²) in [7, 11) is 1.58. The Labute approximate surface area is 243 Å². The molecule has 2 aromatic carbocycles. The van der Waals surface area contributed by atoms with Crippen molar-refractivity contribution in [2.75, 3.05) is 39.9 Å². The van der Waals surface area contributed by atoms with Crippen LogP contribution < -0.4 is 14.2 Å². The van der Waals surface area contributed by atoms with Crippen LogP contribution in [0.1, 0.15) is 76.1 Å². The third kappa shape index (κ3) is 6.70. The lowest BCUT2D eigenvalue weighted by molar-refractivity contribution is -0.140. The highest BCUT2D eigenvalue weighted by atomic mass is 16.5. The summed E-state index contributed by atoms with van der Waals surface area (Å²) >= 11 is 0. The Balaban J connectivity index is 1.73. The SMILES string of the molecule is CCCCCOc1ccc([C@H]2C(=C(O)c3ccc4c(c3)C[C@@H](C)O4)C(=O)C(=O)N2CCCN(CC)CC)cc1OC. The van der Waals surface area contributed by atoms with E-state index in [0.717, 1.165) is 56.6 Å². The number of methoxy groups -OCH3 is 1. The Morgan fingerprint density at radius 2 is 1.83 bits per heavy atom. The maximum absolute atomic E-state index is 13.5. The quantitative estimate of drug-likeness (QED) is 0.135. The number of amides is 1. The van der Waals surface area contributed by atoms with Crippen LogP contribution in [0.4, 0.5) is 0 Å². The fraction of sp³-hybridized carbons (Fsp3) is 0.515. The third-order valence-corrected chi connectivity index (χ3v) is 7.99. The van der Waals surface area contributed by atoms with Gasteiger partial charge < -0.3 is 29.1 Å². The summed E-state index contributed by atoms with van der Waals surface area (Å²) in [4.78, 5) is 30.9. The molecule has 4 rings (SSSR count). The van der Waals surface area contributed by atoms with Crippen molar-refractivity contribution in [2.24, 2.45) is 0 Å². The van der Waals surface area contributed by atoms with Crippen molar-refractivity contribution < 1.29 is 28.9 Å². The molecule has 0 saturated carbocycles. The number of hydrogen-bond donors (Lipinski definition) is 1. The third-order valence-electron chi connectivity index (χ3n) is 7.99.